The molecular formula is C21H27NO9S3. The number of rotatable bonds is 15. The Hall–Kier alpha value is -1.87. The minimum Gasteiger partial charge on any atom is -0.491 e. The lowest BCUT2D eigenvalue weighted by molar-refractivity contribution is 0.0179. The Morgan fingerprint density at radius 2 is 1.68 bits per heavy atom. The number of thiol groups is 2. The fourth-order valence-corrected chi connectivity index (χ4v) is 3.42. The highest BCUT2D eigenvalue weighted by Gasteiger charge is 2.15. The van der Waals surface area contributed by atoms with Gasteiger partial charge in [-0.1, -0.05) is 0 Å². The summed E-state index contributed by atoms with van der Waals surface area (Å²) in [5.74, 6) is -0.214. The molecule has 0 saturated carbocycles. The second-order valence-corrected chi connectivity index (χ2v) is 9.13. The Kier molecular flexibility index (Phi) is 12.1. The van der Waals surface area contributed by atoms with Gasteiger partial charge in [-0.05, 0) is 41.5 Å². The third-order valence-electron chi connectivity index (χ3n) is 4.17. The molecule has 13 heteroatoms. The largest absolute Gasteiger partial charge is 0.491 e. The molecule has 0 radical (unpaired) electrons. The van der Waals surface area contributed by atoms with Crippen LogP contribution in [0.5, 0.6) is 5.75 Å². The fourth-order valence-electron chi connectivity index (χ4n) is 2.66. The van der Waals surface area contributed by atoms with E-state index in [4.69, 9.17) is 23.1 Å². The van der Waals surface area contributed by atoms with Crippen molar-refractivity contribution in [2.75, 3.05) is 53.0 Å². The molecular weight excluding hydrogens is 506 g/mol. The SMILES string of the molecule is COCCOCCOCCOc1ccc(-c2cc(COS(C)(=O)=O)nc(C(=O)OS)c2)c(S)c1. The van der Waals surface area contributed by atoms with Gasteiger partial charge in [-0.3, -0.25) is 4.18 Å². The summed E-state index contributed by atoms with van der Waals surface area (Å²) in [5, 5.41) is 0. The van der Waals surface area contributed by atoms with Crippen molar-refractivity contribution < 1.29 is 40.5 Å². The van der Waals surface area contributed by atoms with Gasteiger partial charge in [-0.15, -0.1) is 12.6 Å². The summed E-state index contributed by atoms with van der Waals surface area (Å²) in [4.78, 5) is 16.6. The normalized spacial score (nSPS) is 11.4. The van der Waals surface area contributed by atoms with Crippen molar-refractivity contribution in [1.29, 1.82) is 0 Å². The molecule has 1 heterocycles. The minimum atomic E-state index is -3.70. The predicted octanol–water partition coefficient (Wildman–Crippen LogP) is 2.57. The zero-order valence-electron chi connectivity index (χ0n) is 18.8. The number of aromatic nitrogens is 1. The van der Waals surface area contributed by atoms with Crippen molar-refractivity contribution in [3.8, 4) is 16.9 Å². The van der Waals surface area contributed by atoms with Gasteiger partial charge in [0.2, 0.25) is 0 Å². The molecule has 2 rings (SSSR count). The Morgan fingerprint density at radius 3 is 2.29 bits per heavy atom. The highest BCUT2D eigenvalue weighted by molar-refractivity contribution is 7.85. The van der Waals surface area contributed by atoms with Gasteiger partial charge < -0.3 is 23.1 Å². The first-order valence-corrected chi connectivity index (χ1v) is 12.7. The van der Waals surface area contributed by atoms with E-state index < -0.39 is 16.1 Å². The number of methoxy groups -OCH3 is 1. The van der Waals surface area contributed by atoms with Crippen LogP contribution in [0.1, 0.15) is 16.2 Å². The van der Waals surface area contributed by atoms with Gasteiger partial charge in [0.15, 0.2) is 0 Å². The minimum absolute atomic E-state index is 0.0593. The molecule has 0 atom stereocenters. The summed E-state index contributed by atoms with van der Waals surface area (Å²) < 4.78 is 53.2. The van der Waals surface area contributed by atoms with Crippen LogP contribution in [0.2, 0.25) is 0 Å². The molecule has 0 aliphatic rings. The Bertz CT molecular complexity index is 1050. The van der Waals surface area contributed by atoms with Crippen LogP contribution in [0.25, 0.3) is 11.1 Å². The monoisotopic (exact) mass is 533 g/mol. The first kappa shape index (κ1) is 28.4. The lowest BCUT2D eigenvalue weighted by Gasteiger charge is -2.12. The smallest absolute Gasteiger partial charge is 0.368 e. The van der Waals surface area contributed by atoms with Crippen molar-refractivity contribution >= 4 is 41.6 Å². The molecule has 0 spiro atoms. The van der Waals surface area contributed by atoms with Crippen molar-refractivity contribution in [3.05, 3.63) is 41.7 Å². The van der Waals surface area contributed by atoms with E-state index in [0.717, 1.165) is 6.26 Å². The van der Waals surface area contributed by atoms with E-state index >= 15 is 0 Å². The van der Waals surface area contributed by atoms with Crippen molar-refractivity contribution in [1.82, 2.24) is 4.98 Å². The van der Waals surface area contributed by atoms with Gasteiger partial charge in [0.25, 0.3) is 10.1 Å². The Labute approximate surface area is 210 Å². The highest BCUT2D eigenvalue weighted by atomic mass is 32.2. The van der Waals surface area contributed by atoms with Gasteiger partial charge in [-0.25, -0.2) is 9.78 Å². The van der Waals surface area contributed by atoms with E-state index in [1.165, 1.54) is 6.07 Å². The van der Waals surface area contributed by atoms with Gasteiger partial charge in [0.1, 0.15) is 24.7 Å². The van der Waals surface area contributed by atoms with E-state index in [1.54, 1.807) is 31.4 Å². The first-order valence-electron chi connectivity index (χ1n) is 10.0. The zero-order valence-corrected chi connectivity index (χ0v) is 21.4. The molecule has 0 N–H and O–H groups in total. The van der Waals surface area contributed by atoms with Crippen molar-refractivity contribution in [2.45, 2.75) is 11.5 Å². The van der Waals surface area contributed by atoms with Crippen LogP contribution in [0.15, 0.2) is 35.2 Å². The van der Waals surface area contributed by atoms with Crippen molar-refractivity contribution in [3.63, 3.8) is 0 Å². The molecule has 1 aromatic heterocycles. The van der Waals surface area contributed by atoms with E-state index in [0.29, 0.717) is 61.4 Å². The van der Waals surface area contributed by atoms with Gasteiger partial charge in [-0.2, -0.15) is 8.42 Å². The maximum atomic E-state index is 12.0. The first-order chi connectivity index (χ1) is 16.2. The lowest BCUT2D eigenvalue weighted by Crippen LogP contribution is -2.12. The molecule has 0 fully saturated rings. The summed E-state index contributed by atoms with van der Waals surface area (Å²) >= 11 is 8.04. The summed E-state index contributed by atoms with van der Waals surface area (Å²) in [6.07, 6.45) is 0.923. The number of pyridine rings is 1. The molecule has 0 aliphatic heterocycles. The Balaban J connectivity index is 2.02. The van der Waals surface area contributed by atoms with Gasteiger partial charge >= 0.3 is 5.97 Å². The summed E-state index contributed by atoms with van der Waals surface area (Å²) in [6, 6.07) is 8.30. The maximum absolute atomic E-state index is 12.0. The molecule has 10 nitrogen and oxygen atoms in total. The number of benzene rings is 1. The summed E-state index contributed by atoms with van der Waals surface area (Å²) in [5.41, 5.74) is 1.38. The molecule has 0 unspecified atom stereocenters. The van der Waals surface area contributed by atoms with Crippen LogP contribution in [-0.4, -0.2) is 72.4 Å². The van der Waals surface area contributed by atoms with E-state index in [-0.39, 0.29) is 18.0 Å². The molecule has 2 aromatic rings. The molecule has 0 bridgehead atoms. The van der Waals surface area contributed by atoms with Crippen molar-refractivity contribution in [2.24, 2.45) is 0 Å². The number of nitrogens with zero attached hydrogens (tertiary/aromatic N) is 1. The fraction of sp³-hybridized carbons (Fsp3) is 0.429. The average Bonchev–Trinajstić information content (AvgIpc) is 2.80. The lowest BCUT2D eigenvalue weighted by atomic mass is 10.0. The molecule has 1 aromatic carbocycles. The molecule has 0 saturated heterocycles. The van der Waals surface area contributed by atoms with E-state index in [2.05, 4.69) is 34.7 Å². The van der Waals surface area contributed by atoms with Crippen LogP contribution < -0.4 is 4.74 Å². The number of hydrogen-bond donors (Lipinski definition) is 2. The topological polar surface area (TPSA) is 119 Å². The maximum Gasteiger partial charge on any atom is 0.368 e. The van der Waals surface area contributed by atoms with Gasteiger partial charge in [0.05, 0.1) is 45.0 Å². The third kappa shape index (κ3) is 10.2. The quantitative estimate of drug-likeness (QED) is 0.153. The molecule has 188 valence electrons. The average molecular weight is 534 g/mol. The second-order valence-electron chi connectivity index (χ2n) is 6.82. The second kappa shape index (κ2) is 14.5. The summed E-state index contributed by atoms with van der Waals surface area (Å²) in [7, 11) is -2.08. The van der Waals surface area contributed by atoms with Crippen LogP contribution >= 0.6 is 25.5 Å². The standard InChI is InChI=1S/C21H27NO9S3/c1-26-5-6-27-7-8-28-9-10-29-17-3-4-18(20(32)13-17)15-11-16(14-30-34(2,24)25)22-19(12-15)21(23)31-33/h3-4,11-13,32-33H,5-10,14H2,1-2H3. The predicted molar refractivity (Wildman–Crippen MR) is 130 cm³/mol. The highest BCUT2D eigenvalue weighted by Crippen LogP contribution is 2.31. The van der Waals surface area contributed by atoms with E-state index in [1.807, 2.05) is 0 Å². The van der Waals surface area contributed by atoms with Crippen LogP contribution in [0.3, 0.4) is 0 Å². The summed E-state index contributed by atoms with van der Waals surface area (Å²) in [6.45, 7) is 2.37. The molecule has 0 aliphatic carbocycles. The van der Waals surface area contributed by atoms with Crippen LogP contribution in [0.4, 0.5) is 0 Å². The molecule has 34 heavy (non-hydrogen) atoms. The van der Waals surface area contributed by atoms with Gasteiger partial charge in [0, 0.05) is 24.9 Å². The third-order valence-corrected chi connectivity index (χ3v) is 5.25. The number of ether oxygens (including phenoxy) is 4. The van der Waals surface area contributed by atoms with Crippen LogP contribution in [-0.2, 0) is 39.3 Å². The Morgan fingerprint density at radius 1 is 1.00 bits per heavy atom. The number of hydrogen-bond acceptors (Lipinski definition) is 12. The molecule has 0 amide bonds. The van der Waals surface area contributed by atoms with E-state index in [9.17, 15) is 13.2 Å². The number of carbonyl (C=O) groups excluding carboxylic acids is 1. The number of carbonyl (C=O) groups is 1. The zero-order chi connectivity index (χ0) is 25.0. The van der Waals surface area contributed by atoms with Crippen LogP contribution in [0, 0.1) is 0 Å².